The lowest BCUT2D eigenvalue weighted by Gasteiger charge is -2.18. The zero-order valence-corrected chi connectivity index (χ0v) is 19.6. The molecule has 1 amide bonds. The summed E-state index contributed by atoms with van der Waals surface area (Å²) in [7, 11) is 0. The first-order valence-corrected chi connectivity index (χ1v) is 9.72. The second-order valence-corrected chi connectivity index (χ2v) is 6.31. The molecule has 0 aliphatic carbocycles. The van der Waals surface area contributed by atoms with E-state index >= 15 is 0 Å². The molecule has 0 heterocycles. The van der Waals surface area contributed by atoms with E-state index in [2.05, 4.69) is 15.6 Å². The summed E-state index contributed by atoms with van der Waals surface area (Å²) in [6, 6.07) is 14.2. The van der Waals surface area contributed by atoms with E-state index in [1.807, 2.05) is 51.1 Å². The van der Waals surface area contributed by atoms with Gasteiger partial charge in [0.2, 0.25) is 0 Å². The molecule has 0 aromatic heterocycles. The van der Waals surface area contributed by atoms with Gasteiger partial charge in [-0.05, 0) is 44.5 Å². The Labute approximate surface area is 189 Å². The van der Waals surface area contributed by atoms with Crippen LogP contribution < -0.4 is 10.6 Å². The number of carbonyl (C=O) groups is 1. The van der Waals surface area contributed by atoms with Crippen LogP contribution in [-0.4, -0.2) is 36.4 Å². The molecule has 2 rings (SSSR count). The van der Waals surface area contributed by atoms with Gasteiger partial charge in [-0.2, -0.15) is 0 Å². The molecule has 0 spiro atoms. The highest BCUT2D eigenvalue weighted by molar-refractivity contribution is 14.0. The highest BCUT2D eigenvalue weighted by atomic mass is 127. The molecule has 0 fully saturated rings. The average molecular weight is 512 g/mol. The minimum absolute atomic E-state index is 0. The number of rotatable bonds is 8. The SMILES string of the molecule is CCNC(=NCc1ccc(C(=O)N(CC)CC)cc1)NCc1ccccc1F.I. The predicted molar refractivity (Wildman–Crippen MR) is 127 cm³/mol. The molecule has 29 heavy (non-hydrogen) atoms. The van der Waals surface area contributed by atoms with E-state index in [4.69, 9.17) is 0 Å². The van der Waals surface area contributed by atoms with E-state index in [1.165, 1.54) is 6.07 Å². The monoisotopic (exact) mass is 512 g/mol. The van der Waals surface area contributed by atoms with Gasteiger partial charge in [0.15, 0.2) is 5.96 Å². The quantitative estimate of drug-likeness (QED) is 0.317. The summed E-state index contributed by atoms with van der Waals surface area (Å²) in [5, 5.41) is 6.30. The maximum Gasteiger partial charge on any atom is 0.253 e. The van der Waals surface area contributed by atoms with Crippen molar-refractivity contribution in [2.75, 3.05) is 19.6 Å². The van der Waals surface area contributed by atoms with Crippen LogP contribution in [0.1, 0.15) is 42.3 Å². The lowest BCUT2D eigenvalue weighted by atomic mass is 10.1. The Bertz CT molecular complexity index is 792. The van der Waals surface area contributed by atoms with E-state index in [9.17, 15) is 9.18 Å². The number of nitrogens with zero attached hydrogens (tertiary/aromatic N) is 2. The molecular weight excluding hydrogens is 482 g/mol. The second kappa shape index (κ2) is 13.1. The Hall–Kier alpha value is -2.16. The Balaban J connectivity index is 0.00000420. The van der Waals surface area contributed by atoms with Gasteiger partial charge in [-0.15, -0.1) is 24.0 Å². The zero-order valence-electron chi connectivity index (χ0n) is 17.2. The number of hydrogen-bond acceptors (Lipinski definition) is 2. The molecule has 2 aromatic rings. The van der Waals surface area contributed by atoms with Crippen molar-refractivity contribution in [2.45, 2.75) is 33.9 Å². The summed E-state index contributed by atoms with van der Waals surface area (Å²) in [5.74, 6) is 0.424. The van der Waals surface area contributed by atoms with Crippen LogP contribution in [0.25, 0.3) is 0 Å². The van der Waals surface area contributed by atoms with Crippen molar-refractivity contribution >= 4 is 35.8 Å². The van der Waals surface area contributed by atoms with Crippen molar-refractivity contribution in [3.63, 3.8) is 0 Å². The molecule has 0 bridgehead atoms. The fourth-order valence-corrected chi connectivity index (χ4v) is 2.78. The van der Waals surface area contributed by atoms with Gasteiger partial charge < -0.3 is 15.5 Å². The first-order chi connectivity index (χ1) is 13.6. The molecule has 0 aliphatic heterocycles. The Morgan fingerprint density at radius 2 is 1.66 bits per heavy atom. The summed E-state index contributed by atoms with van der Waals surface area (Å²) in [6.45, 7) is 8.85. The first-order valence-electron chi connectivity index (χ1n) is 9.72. The molecule has 2 aromatic carbocycles. The summed E-state index contributed by atoms with van der Waals surface area (Å²) in [6.07, 6.45) is 0. The first kappa shape index (κ1) is 24.9. The van der Waals surface area contributed by atoms with Crippen LogP contribution in [0, 0.1) is 5.82 Å². The Morgan fingerprint density at radius 1 is 1.00 bits per heavy atom. The van der Waals surface area contributed by atoms with Crippen LogP contribution in [0.4, 0.5) is 4.39 Å². The summed E-state index contributed by atoms with van der Waals surface area (Å²) >= 11 is 0. The highest BCUT2D eigenvalue weighted by Gasteiger charge is 2.11. The lowest BCUT2D eigenvalue weighted by molar-refractivity contribution is 0.0773. The molecule has 2 N–H and O–H groups in total. The molecule has 0 radical (unpaired) electrons. The molecule has 0 unspecified atom stereocenters. The van der Waals surface area contributed by atoms with Crippen LogP contribution in [-0.2, 0) is 13.1 Å². The highest BCUT2D eigenvalue weighted by Crippen LogP contribution is 2.09. The number of halogens is 2. The van der Waals surface area contributed by atoms with E-state index < -0.39 is 0 Å². The maximum atomic E-state index is 13.8. The topological polar surface area (TPSA) is 56.7 Å². The number of hydrogen-bond donors (Lipinski definition) is 2. The number of guanidine groups is 1. The van der Waals surface area contributed by atoms with E-state index in [0.29, 0.717) is 49.8 Å². The van der Waals surface area contributed by atoms with Crippen molar-refractivity contribution in [3.05, 3.63) is 71.0 Å². The van der Waals surface area contributed by atoms with Gasteiger partial charge >= 0.3 is 0 Å². The van der Waals surface area contributed by atoms with E-state index in [1.54, 1.807) is 17.0 Å². The van der Waals surface area contributed by atoms with Crippen LogP contribution in [0.3, 0.4) is 0 Å². The van der Waals surface area contributed by atoms with Gasteiger partial charge in [0, 0.05) is 37.3 Å². The molecule has 0 saturated carbocycles. The standard InChI is InChI=1S/C22H29FN4O.HI/c1-4-24-22(26-16-19-9-7-8-10-20(19)23)25-15-17-11-13-18(14-12-17)21(28)27(5-2)6-3;/h7-14H,4-6,15-16H2,1-3H3,(H2,24,25,26);1H. The smallest absolute Gasteiger partial charge is 0.253 e. The molecule has 0 atom stereocenters. The fraction of sp³-hybridized carbons (Fsp3) is 0.364. The third-order valence-electron chi connectivity index (χ3n) is 4.42. The van der Waals surface area contributed by atoms with Crippen molar-refractivity contribution in [3.8, 4) is 0 Å². The van der Waals surface area contributed by atoms with Gasteiger partial charge in [-0.25, -0.2) is 9.38 Å². The largest absolute Gasteiger partial charge is 0.357 e. The van der Waals surface area contributed by atoms with Crippen LogP contribution in [0.15, 0.2) is 53.5 Å². The second-order valence-electron chi connectivity index (χ2n) is 6.31. The average Bonchev–Trinajstić information content (AvgIpc) is 2.72. The number of aliphatic imine (C=N–C) groups is 1. The van der Waals surface area contributed by atoms with Gasteiger partial charge in [-0.3, -0.25) is 4.79 Å². The summed E-state index contributed by atoms with van der Waals surface area (Å²) < 4.78 is 13.8. The normalized spacial score (nSPS) is 10.8. The molecule has 0 aliphatic rings. The molecule has 158 valence electrons. The van der Waals surface area contributed by atoms with Crippen molar-refractivity contribution < 1.29 is 9.18 Å². The molecule has 0 saturated heterocycles. The molecular formula is C22H30FIN4O. The van der Waals surface area contributed by atoms with Gasteiger partial charge in [0.25, 0.3) is 5.91 Å². The Morgan fingerprint density at radius 3 is 2.24 bits per heavy atom. The summed E-state index contributed by atoms with van der Waals surface area (Å²) in [4.78, 5) is 18.7. The van der Waals surface area contributed by atoms with Gasteiger partial charge in [-0.1, -0.05) is 30.3 Å². The van der Waals surface area contributed by atoms with Crippen LogP contribution in [0.5, 0.6) is 0 Å². The minimum Gasteiger partial charge on any atom is -0.357 e. The van der Waals surface area contributed by atoms with Gasteiger partial charge in [0.1, 0.15) is 5.82 Å². The number of nitrogens with one attached hydrogen (secondary N) is 2. The van der Waals surface area contributed by atoms with Crippen molar-refractivity contribution in [1.29, 1.82) is 0 Å². The lowest BCUT2D eigenvalue weighted by Crippen LogP contribution is -2.37. The van der Waals surface area contributed by atoms with E-state index in [-0.39, 0.29) is 35.7 Å². The third kappa shape index (κ3) is 7.64. The number of amides is 1. The molecule has 7 heteroatoms. The Kier molecular flexibility index (Phi) is 11.3. The fourth-order valence-electron chi connectivity index (χ4n) is 2.78. The maximum absolute atomic E-state index is 13.8. The van der Waals surface area contributed by atoms with Crippen molar-refractivity contribution in [2.24, 2.45) is 4.99 Å². The van der Waals surface area contributed by atoms with Gasteiger partial charge in [0.05, 0.1) is 6.54 Å². The van der Waals surface area contributed by atoms with Crippen LogP contribution >= 0.6 is 24.0 Å². The number of carbonyl (C=O) groups excluding carboxylic acids is 1. The van der Waals surface area contributed by atoms with Crippen LogP contribution in [0.2, 0.25) is 0 Å². The summed E-state index contributed by atoms with van der Waals surface area (Å²) in [5.41, 5.74) is 2.27. The zero-order chi connectivity index (χ0) is 20.4. The molecule has 5 nitrogen and oxygen atoms in total. The third-order valence-corrected chi connectivity index (χ3v) is 4.42. The predicted octanol–water partition coefficient (Wildman–Crippen LogP) is 4.18. The minimum atomic E-state index is -0.237. The van der Waals surface area contributed by atoms with E-state index in [0.717, 1.165) is 5.56 Å². The number of benzene rings is 2. The van der Waals surface area contributed by atoms with Crippen molar-refractivity contribution in [1.82, 2.24) is 15.5 Å².